The molecule has 4 nitrogen and oxygen atoms in total. The molecular formula is C16H21N3OS. The second-order valence-corrected chi connectivity index (χ2v) is 6.52. The van der Waals surface area contributed by atoms with E-state index in [4.69, 9.17) is 5.73 Å². The molecule has 0 aliphatic carbocycles. The van der Waals surface area contributed by atoms with E-state index in [1.807, 2.05) is 16.3 Å². The maximum atomic E-state index is 12.8. The average molecular weight is 303 g/mol. The van der Waals surface area contributed by atoms with Crippen LogP contribution in [0.5, 0.6) is 0 Å². The van der Waals surface area contributed by atoms with E-state index in [2.05, 4.69) is 16.7 Å². The highest BCUT2D eigenvalue weighted by molar-refractivity contribution is 7.12. The summed E-state index contributed by atoms with van der Waals surface area (Å²) in [5, 5.41) is 1.94. The average Bonchev–Trinajstić information content (AvgIpc) is 3.09. The second-order valence-electron chi connectivity index (χ2n) is 5.61. The highest BCUT2D eigenvalue weighted by Crippen LogP contribution is 2.24. The van der Waals surface area contributed by atoms with E-state index in [0.717, 1.165) is 36.5 Å². The highest BCUT2D eigenvalue weighted by Gasteiger charge is 2.31. The summed E-state index contributed by atoms with van der Waals surface area (Å²) in [6, 6.07) is 2.47. The Hall–Kier alpha value is -1.35. The molecule has 1 amide bonds. The third-order valence-electron chi connectivity index (χ3n) is 4.28. The highest BCUT2D eigenvalue weighted by atomic mass is 32.1. The maximum absolute atomic E-state index is 12.8. The predicted octanol–water partition coefficient (Wildman–Crippen LogP) is 1.37. The SMILES string of the molecule is NCC#Cc1ccsc1C(=O)N1CCCN2CCCC2C1. The van der Waals surface area contributed by atoms with Gasteiger partial charge in [0.25, 0.3) is 5.91 Å². The van der Waals surface area contributed by atoms with Crippen molar-refractivity contribution in [2.45, 2.75) is 25.3 Å². The number of amides is 1. The number of carbonyl (C=O) groups excluding carboxylic acids is 1. The molecule has 2 saturated heterocycles. The van der Waals surface area contributed by atoms with Gasteiger partial charge in [0.2, 0.25) is 0 Å². The lowest BCUT2D eigenvalue weighted by Gasteiger charge is -2.25. The van der Waals surface area contributed by atoms with Crippen LogP contribution in [0.3, 0.4) is 0 Å². The molecule has 0 radical (unpaired) electrons. The van der Waals surface area contributed by atoms with Gasteiger partial charge in [-0.1, -0.05) is 11.8 Å². The number of hydrogen-bond donors (Lipinski definition) is 1. The smallest absolute Gasteiger partial charge is 0.265 e. The summed E-state index contributed by atoms with van der Waals surface area (Å²) >= 11 is 1.49. The Bertz CT molecular complexity index is 572. The van der Waals surface area contributed by atoms with Crippen molar-refractivity contribution in [3.05, 3.63) is 21.9 Å². The molecule has 0 saturated carbocycles. The second kappa shape index (κ2) is 6.61. The Balaban J connectivity index is 1.76. The molecule has 21 heavy (non-hydrogen) atoms. The van der Waals surface area contributed by atoms with Gasteiger partial charge < -0.3 is 10.6 Å². The predicted molar refractivity (Wildman–Crippen MR) is 85.4 cm³/mol. The Labute approximate surface area is 129 Å². The molecule has 1 aromatic heterocycles. The zero-order chi connectivity index (χ0) is 14.7. The molecule has 112 valence electrons. The van der Waals surface area contributed by atoms with Crippen LogP contribution < -0.4 is 5.73 Å². The lowest BCUT2D eigenvalue weighted by molar-refractivity contribution is 0.0748. The van der Waals surface area contributed by atoms with E-state index >= 15 is 0 Å². The van der Waals surface area contributed by atoms with Crippen LogP contribution in [0.4, 0.5) is 0 Å². The minimum Gasteiger partial charge on any atom is -0.336 e. The number of fused-ring (bicyclic) bond motifs is 1. The van der Waals surface area contributed by atoms with Crippen molar-refractivity contribution < 1.29 is 4.79 Å². The van der Waals surface area contributed by atoms with E-state index < -0.39 is 0 Å². The van der Waals surface area contributed by atoms with Gasteiger partial charge >= 0.3 is 0 Å². The van der Waals surface area contributed by atoms with E-state index in [1.165, 1.54) is 30.7 Å². The van der Waals surface area contributed by atoms with Crippen molar-refractivity contribution in [2.24, 2.45) is 5.73 Å². The molecule has 0 spiro atoms. The van der Waals surface area contributed by atoms with Gasteiger partial charge in [0.15, 0.2) is 0 Å². The minimum absolute atomic E-state index is 0.139. The zero-order valence-electron chi connectivity index (χ0n) is 12.2. The molecular weight excluding hydrogens is 282 g/mol. The normalized spacial score (nSPS) is 22.3. The van der Waals surface area contributed by atoms with E-state index in [9.17, 15) is 4.79 Å². The Kier molecular flexibility index (Phi) is 4.59. The first-order valence-electron chi connectivity index (χ1n) is 7.59. The van der Waals surface area contributed by atoms with Crippen LogP contribution in [0.15, 0.2) is 11.4 Å². The fraction of sp³-hybridized carbons (Fsp3) is 0.562. The number of rotatable bonds is 1. The number of hydrogen-bond acceptors (Lipinski definition) is 4. The third-order valence-corrected chi connectivity index (χ3v) is 5.18. The Morgan fingerprint density at radius 3 is 3.10 bits per heavy atom. The summed E-state index contributed by atoms with van der Waals surface area (Å²) < 4.78 is 0. The topological polar surface area (TPSA) is 49.6 Å². The summed E-state index contributed by atoms with van der Waals surface area (Å²) in [4.78, 5) is 18.1. The molecule has 2 N–H and O–H groups in total. The van der Waals surface area contributed by atoms with E-state index in [1.54, 1.807) is 0 Å². The van der Waals surface area contributed by atoms with Gasteiger partial charge in [0.1, 0.15) is 4.88 Å². The van der Waals surface area contributed by atoms with Crippen LogP contribution in [0.1, 0.15) is 34.5 Å². The molecule has 2 aliphatic rings. The summed E-state index contributed by atoms with van der Waals surface area (Å²) in [6.07, 6.45) is 3.55. The summed E-state index contributed by atoms with van der Waals surface area (Å²) in [7, 11) is 0. The Morgan fingerprint density at radius 2 is 2.24 bits per heavy atom. The summed E-state index contributed by atoms with van der Waals surface area (Å²) in [5.41, 5.74) is 6.24. The van der Waals surface area contributed by atoms with Crippen molar-refractivity contribution in [1.29, 1.82) is 0 Å². The molecule has 1 atom stereocenters. The number of thiophene rings is 1. The van der Waals surface area contributed by atoms with Gasteiger partial charge in [-0.15, -0.1) is 11.3 Å². The van der Waals surface area contributed by atoms with Gasteiger partial charge in [0.05, 0.1) is 6.54 Å². The molecule has 2 fully saturated rings. The van der Waals surface area contributed by atoms with Crippen LogP contribution in [-0.2, 0) is 0 Å². The first-order valence-corrected chi connectivity index (χ1v) is 8.47. The molecule has 3 rings (SSSR count). The summed E-state index contributed by atoms with van der Waals surface area (Å²) in [5.74, 6) is 6.00. The standard InChI is InChI=1S/C16H21N3OS/c17-7-1-4-13-6-11-21-15(13)16(20)19-10-3-9-18-8-2-5-14(18)12-19/h6,11,14H,2-3,5,7-10,12,17H2. The fourth-order valence-electron chi connectivity index (χ4n) is 3.25. The molecule has 5 heteroatoms. The van der Waals surface area contributed by atoms with Crippen molar-refractivity contribution in [2.75, 3.05) is 32.7 Å². The molecule has 2 aliphatic heterocycles. The van der Waals surface area contributed by atoms with Crippen molar-refractivity contribution in [3.8, 4) is 11.8 Å². The number of nitrogens with two attached hydrogens (primary N) is 1. The number of nitrogens with zero attached hydrogens (tertiary/aromatic N) is 2. The third kappa shape index (κ3) is 3.13. The number of carbonyl (C=O) groups is 1. The Morgan fingerprint density at radius 1 is 1.38 bits per heavy atom. The van der Waals surface area contributed by atoms with Gasteiger partial charge in [-0.05, 0) is 37.3 Å². The van der Waals surface area contributed by atoms with Gasteiger partial charge in [-0.3, -0.25) is 9.69 Å². The van der Waals surface area contributed by atoms with Gasteiger partial charge in [-0.2, -0.15) is 0 Å². The molecule has 1 aromatic rings. The first kappa shape index (κ1) is 14.6. The van der Waals surface area contributed by atoms with Gasteiger partial charge in [0, 0.05) is 31.2 Å². The molecule has 3 heterocycles. The largest absolute Gasteiger partial charge is 0.336 e. The maximum Gasteiger partial charge on any atom is 0.265 e. The molecule has 0 aromatic carbocycles. The van der Waals surface area contributed by atoms with Crippen LogP contribution in [0, 0.1) is 11.8 Å². The van der Waals surface area contributed by atoms with Crippen LogP contribution in [0.2, 0.25) is 0 Å². The van der Waals surface area contributed by atoms with Crippen LogP contribution in [-0.4, -0.2) is 54.5 Å². The lowest BCUT2D eigenvalue weighted by Crippen LogP contribution is -2.39. The summed E-state index contributed by atoms with van der Waals surface area (Å²) in [6.45, 7) is 4.36. The molecule has 0 bridgehead atoms. The molecule has 1 unspecified atom stereocenters. The monoisotopic (exact) mass is 303 g/mol. The fourth-order valence-corrected chi connectivity index (χ4v) is 4.07. The van der Waals surface area contributed by atoms with Crippen LogP contribution in [0.25, 0.3) is 0 Å². The van der Waals surface area contributed by atoms with Crippen molar-refractivity contribution in [1.82, 2.24) is 9.80 Å². The zero-order valence-corrected chi connectivity index (χ0v) is 13.0. The minimum atomic E-state index is 0.139. The first-order chi connectivity index (χ1) is 10.3. The van der Waals surface area contributed by atoms with Crippen molar-refractivity contribution >= 4 is 17.2 Å². The van der Waals surface area contributed by atoms with E-state index in [-0.39, 0.29) is 5.91 Å². The van der Waals surface area contributed by atoms with Crippen molar-refractivity contribution in [3.63, 3.8) is 0 Å². The lowest BCUT2D eigenvalue weighted by atomic mass is 10.2. The van der Waals surface area contributed by atoms with Crippen LogP contribution >= 0.6 is 11.3 Å². The van der Waals surface area contributed by atoms with E-state index in [0.29, 0.717) is 12.6 Å². The van der Waals surface area contributed by atoms with Gasteiger partial charge in [-0.25, -0.2) is 0 Å². The quantitative estimate of drug-likeness (QED) is 0.797.